The molecule has 0 aromatic carbocycles. The fourth-order valence-corrected chi connectivity index (χ4v) is 4.00. The van der Waals surface area contributed by atoms with Gasteiger partial charge in [-0.05, 0) is 25.8 Å². The molecule has 0 aliphatic heterocycles. The summed E-state index contributed by atoms with van der Waals surface area (Å²) in [5, 5.41) is 8.84. The van der Waals surface area contributed by atoms with Crippen LogP contribution in [0, 0.1) is 6.92 Å². The maximum Gasteiger partial charge on any atom is 0.345 e. The predicted octanol–water partition coefficient (Wildman–Crippen LogP) is 1.46. The molecule has 0 atom stereocenters. The van der Waals surface area contributed by atoms with Crippen molar-refractivity contribution < 1.29 is 23.1 Å². The summed E-state index contributed by atoms with van der Waals surface area (Å²) in [6.45, 7) is 2.49. The first-order valence-electron chi connectivity index (χ1n) is 5.71. The number of ether oxygens (including phenoxy) is 1. The number of unbranched alkanes of at least 4 members (excludes halogenated alkanes) is 1. The van der Waals surface area contributed by atoms with E-state index >= 15 is 0 Å². The molecule has 1 heterocycles. The van der Waals surface area contributed by atoms with Crippen molar-refractivity contribution in [2.24, 2.45) is 0 Å². The fraction of sp³-hybridized carbons (Fsp3) is 0.545. The van der Waals surface area contributed by atoms with Crippen LogP contribution in [0.4, 0.5) is 0 Å². The second-order valence-corrected chi connectivity index (χ2v) is 6.93. The molecule has 1 aromatic rings. The summed E-state index contributed by atoms with van der Waals surface area (Å²) in [6, 6.07) is 1.19. The molecule has 0 saturated heterocycles. The summed E-state index contributed by atoms with van der Waals surface area (Å²) in [4.78, 5) is 11.3. The van der Waals surface area contributed by atoms with Gasteiger partial charge in [-0.3, -0.25) is 0 Å². The van der Waals surface area contributed by atoms with E-state index in [0.717, 1.165) is 17.8 Å². The number of nitrogens with one attached hydrogen (secondary N) is 1. The zero-order valence-corrected chi connectivity index (χ0v) is 12.4. The lowest BCUT2D eigenvalue weighted by Crippen LogP contribution is -2.25. The fourth-order valence-electron chi connectivity index (χ4n) is 1.49. The Labute approximate surface area is 116 Å². The second-order valence-electron chi connectivity index (χ2n) is 3.93. The zero-order chi connectivity index (χ0) is 14.5. The van der Waals surface area contributed by atoms with Gasteiger partial charge in [0.1, 0.15) is 4.88 Å². The maximum absolute atomic E-state index is 12.0. The van der Waals surface area contributed by atoms with Crippen molar-refractivity contribution in [3.63, 3.8) is 0 Å². The first kappa shape index (κ1) is 16.1. The van der Waals surface area contributed by atoms with E-state index in [-0.39, 0.29) is 9.77 Å². The van der Waals surface area contributed by atoms with Gasteiger partial charge in [0.2, 0.25) is 10.0 Å². The summed E-state index contributed by atoms with van der Waals surface area (Å²) >= 11 is 0.958. The van der Waals surface area contributed by atoms with E-state index in [4.69, 9.17) is 9.84 Å². The van der Waals surface area contributed by atoms with Crippen molar-refractivity contribution in [3.05, 3.63) is 15.8 Å². The number of rotatable bonds is 8. The van der Waals surface area contributed by atoms with Crippen molar-refractivity contribution in [2.75, 3.05) is 20.3 Å². The normalized spacial score (nSPS) is 11.7. The first-order chi connectivity index (χ1) is 8.88. The Bertz CT molecular complexity index is 535. The SMILES string of the molecule is COCCCCNS(=O)(=O)c1cc(C(=O)O)sc1C. The average molecular weight is 307 g/mol. The third-order valence-corrected chi connectivity index (χ3v) is 5.19. The quantitative estimate of drug-likeness (QED) is 0.709. The molecule has 0 spiro atoms. The standard InChI is InChI=1S/C11H17NO5S2/c1-8-10(7-9(18-8)11(13)14)19(15,16)12-5-3-4-6-17-2/h7,12H,3-6H2,1-2H3,(H,13,14). The number of methoxy groups -OCH3 is 1. The van der Waals surface area contributed by atoms with Crippen LogP contribution in [0.3, 0.4) is 0 Å². The molecule has 0 amide bonds. The minimum Gasteiger partial charge on any atom is -0.477 e. The highest BCUT2D eigenvalue weighted by Crippen LogP contribution is 2.25. The van der Waals surface area contributed by atoms with Crippen LogP contribution in [-0.4, -0.2) is 39.8 Å². The van der Waals surface area contributed by atoms with Gasteiger partial charge in [-0.15, -0.1) is 11.3 Å². The largest absolute Gasteiger partial charge is 0.477 e. The summed E-state index contributed by atoms with van der Waals surface area (Å²) in [6.07, 6.45) is 1.43. The van der Waals surface area contributed by atoms with Crippen molar-refractivity contribution >= 4 is 27.3 Å². The van der Waals surface area contributed by atoms with Gasteiger partial charge in [-0.2, -0.15) is 0 Å². The summed E-state index contributed by atoms with van der Waals surface area (Å²) < 4.78 is 31.3. The highest BCUT2D eigenvalue weighted by Gasteiger charge is 2.21. The molecule has 0 aliphatic rings. The highest BCUT2D eigenvalue weighted by atomic mass is 32.2. The van der Waals surface area contributed by atoms with Crippen LogP contribution in [0.5, 0.6) is 0 Å². The molecule has 0 radical (unpaired) electrons. The monoisotopic (exact) mass is 307 g/mol. The van der Waals surface area contributed by atoms with Crippen LogP contribution >= 0.6 is 11.3 Å². The Morgan fingerprint density at radius 3 is 2.68 bits per heavy atom. The van der Waals surface area contributed by atoms with Gasteiger partial charge in [0.25, 0.3) is 0 Å². The number of hydrogen-bond acceptors (Lipinski definition) is 5. The second kappa shape index (κ2) is 6.99. The van der Waals surface area contributed by atoms with Gasteiger partial charge in [-0.1, -0.05) is 0 Å². The lowest BCUT2D eigenvalue weighted by Gasteiger charge is -2.05. The Kier molecular flexibility index (Phi) is 5.92. The van der Waals surface area contributed by atoms with Crippen LogP contribution in [0.15, 0.2) is 11.0 Å². The van der Waals surface area contributed by atoms with Gasteiger partial charge in [0.15, 0.2) is 0 Å². The van der Waals surface area contributed by atoms with E-state index in [1.165, 1.54) is 6.07 Å². The number of aromatic carboxylic acids is 1. The number of sulfonamides is 1. The van der Waals surface area contributed by atoms with Gasteiger partial charge in [0, 0.05) is 25.1 Å². The Balaban J connectivity index is 2.69. The van der Waals surface area contributed by atoms with Gasteiger partial charge in [0.05, 0.1) is 4.90 Å². The molecular weight excluding hydrogens is 290 g/mol. The van der Waals surface area contributed by atoms with Crippen LogP contribution in [0.1, 0.15) is 27.4 Å². The molecular formula is C11H17NO5S2. The minimum absolute atomic E-state index is 0.0252. The third kappa shape index (κ3) is 4.57. The third-order valence-electron chi connectivity index (χ3n) is 2.44. The molecule has 0 fully saturated rings. The number of carboxylic acid groups (broad SMARTS) is 1. The van der Waals surface area contributed by atoms with Crippen LogP contribution < -0.4 is 4.72 Å². The van der Waals surface area contributed by atoms with Crippen molar-refractivity contribution in [3.8, 4) is 0 Å². The number of carbonyl (C=O) groups is 1. The number of aryl methyl sites for hydroxylation is 1. The molecule has 0 bridgehead atoms. The zero-order valence-electron chi connectivity index (χ0n) is 10.8. The number of hydrogen-bond donors (Lipinski definition) is 2. The van der Waals surface area contributed by atoms with Crippen molar-refractivity contribution in [2.45, 2.75) is 24.7 Å². The van der Waals surface area contributed by atoms with E-state index in [1.54, 1.807) is 14.0 Å². The van der Waals surface area contributed by atoms with E-state index in [9.17, 15) is 13.2 Å². The van der Waals surface area contributed by atoms with E-state index < -0.39 is 16.0 Å². The molecule has 1 aromatic heterocycles. The van der Waals surface area contributed by atoms with Crippen molar-refractivity contribution in [1.82, 2.24) is 4.72 Å². The number of thiophene rings is 1. The number of carboxylic acids is 1. The predicted molar refractivity (Wildman–Crippen MR) is 72.3 cm³/mol. The van der Waals surface area contributed by atoms with E-state index in [1.807, 2.05) is 0 Å². The molecule has 0 unspecified atom stereocenters. The Morgan fingerprint density at radius 2 is 2.16 bits per heavy atom. The van der Waals surface area contributed by atoms with Crippen LogP contribution in [-0.2, 0) is 14.8 Å². The Morgan fingerprint density at radius 1 is 1.47 bits per heavy atom. The molecule has 1 rings (SSSR count). The summed E-state index contributed by atoms with van der Waals surface area (Å²) in [5.74, 6) is -1.12. The maximum atomic E-state index is 12.0. The van der Waals surface area contributed by atoms with E-state index in [2.05, 4.69) is 4.72 Å². The summed E-state index contributed by atoms with van der Waals surface area (Å²) in [7, 11) is -2.04. The molecule has 0 aliphatic carbocycles. The van der Waals surface area contributed by atoms with Crippen LogP contribution in [0.2, 0.25) is 0 Å². The first-order valence-corrected chi connectivity index (χ1v) is 8.01. The lowest BCUT2D eigenvalue weighted by molar-refractivity contribution is 0.0702. The molecule has 19 heavy (non-hydrogen) atoms. The van der Waals surface area contributed by atoms with Gasteiger partial charge < -0.3 is 9.84 Å². The average Bonchev–Trinajstić information content (AvgIpc) is 2.72. The van der Waals surface area contributed by atoms with Crippen LogP contribution in [0.25, 0.3) is 0 Å². The molecule has 6 nitrogen and oxygen atoms in total. The van der Waals surface area contributed by atoms with Crippen molar-refractivity contribution in [1.29, 1.82) is 0 Å². The highest BCUT2D eigenvalue weighted by molar-refractivity contribution is 7.89. The van der Waals surface area contributed by atoms with Gasteiger partial charge >= 0.3 is 5.97 Å². The smallest absolute Gasteiger partial charge is 0.345 e. The topological polar surface area (TPSA) is 92.7 Å². The van der Waals surface area contributed by atoms with Gasteiger partial charge in [-0.25, -0.2) is 17.9 Å². The molecule has 8 heteroatoms. The molecule has 0 saturated carbocycles. The minimum atomic E-state index is -3.63. The lowest BCUT2D eigenvalue weighted by atomic mass is 10.3. The Hall–Kier alpha value is -0.960. The molecule has 108 valence electrons. The van der Waals surface area contributed by atoms with E-state index in [0.29, 0.717) is 24.4 Å². The molecule has 2 N–H and O–H groups in total. The summed E-state index contributed by atoms with van der Waals surface area (Å²) in [5.41, 5.74) is 0.